The van der Waals surface area contributed by atoms with Crippen molar-refractivity contribution in [3.8, 4) is 22.6 Å². The van der Waals surface area contributed by atoms with Crippen molar-refractivity contribution in [3.63, 3.8) is 0 Å². The fourth-order valence-electron chi connectivity index (χ4n) is 3.59. The van der Waals surface area contributed by atoms with E-state index in [0.29, 0.717) is 0 Å². The number of hydrogen-bond acceptors (Lipinski definition) is 2. The Kier molecular flexibility index (Phi) is 7.16. The zero-order valence-corrected chi connectivity index (χ0v) is 19.4. The standard InChI is InChI=1S/C29H24FO2S/c1-20-19-27(15-16-29(20)31)33-18-17-28(24-7-11-25(30)12-8-24)23-5-3-21(4-6-23)22-9-13-26(32-2)14-10-22/h3-17,19H,18H2,1-2H3/b28-17-. The number of thioether (sulfide) groups is 1. The third-order valence-corrected chi connectivity index (χ3v) is 6.38. The maximum Gasteiger partial charge on any atom is 0.181 e. The first-order valence-corrected chi connectivity index (χ1v) is 11.6. The minimum atomic E-state index is -0.254. The molecule has 1 radical (unpaired) electrons. The molecule has 0 atom stereocenters. The average Bonchev–Trinajstić information content (AvgIpc) is 2.85. The van der Waals surface area contributed by atoms with Crippen LogP contribution < -0.4 is 4.74 Å². The van der Waals surface area contributed by atoms with Gasteiger partial charge in [0.15, 0.2) is 5.75 Å². The second kappa shape index (κ2) is 10.4. The molecule has 0 fully saturated rings. The summed E-state index contributed by atoms with van der Waals surface area (Å²) < 4.78 is 18.8. The Morgan fingerprint density at radius 2 is 1.42 bits per heavy atom. The van der Waals surface area contributed by atoms with Crippen LogP contribution in [0.5, 0.6) is 11.5 Å². The molecule has 33 heavy (non-hydrogen) atoms. The van der Waals surface area contributed by atoms with Crippen LogP contribution >= 0.6 is 11.8 Å². The summed E-state index contributed by atoms with van der Waals surface area (Å²) in [4.78, 5) is 1.05. The van der Waals surface area contributed by atoms with Gasteiger partial charge >= 0.3 is 0 Å². The predicted octanol–water partition coefficient (Wildman–Crippen LogP) is 8.18. The summed E-state index contributed by atoms with van der Waals surface area (Å²) in [5.41, 5.74) is 6.04. The molecule has 165 valence electrons. The molecule has 2 nitrogen and oxygen atoms in total. The lowest BCUT2D eigenvalue weighted by molar-refractivity contribution is 0.351. The minimum absolute atomic E-state index is 0.0545. The number of benzene rings is 4. The summed E-state index contributed by atoms with van der Waals surface area (Å²) in [6.45, 7) is 1.83. The third kappa shape index (κ3) is 5.65. The van der Waals surface area contributed by atoms with E-state index in [1.165, 1.54) is 12.1 Å². The van der Waals surface area contributed by atoms with Gasteiger partial charge in [-0.3, -0.25) is 5.11 Å². The molecule has 0 saturated heterocycles. The van der Waals surface area contributed by atoms with Crippen LogP contribution in [0.1, 0.15) is 16.7 Å². The Morgan fingerprint density at radius 3 is 2.00 bits per heavy atom. The van der Waals surface area contributed by atoms with Crippen molar-refractivity contribution in [3.05, 3.63) is 120 Å². The van der Waals surface area contributed by atoms with Crippen molar-refractivity contribution >= 4 is 17.3 Å². The second-order valence-corrected chi connectivity index (χ2v) is 8.76. The summed E-state index contributed by atoms with van der Waals surface area (Å²) in [5, 5.41) is 11.7. The van der Waals surface area contributed by atoms with Crippen LogP contribution in [-0.2, 0) is 5.11 Å². The van der Waals surface area contributed by atoms with Gasteiger partial charge in [0, 0.05) is 10.6 Å². The van der Waals surface area contributed by atoms with Gasteiger partial charge in [0.2, 0.25) is 0 Å². The van der Waals surface area contributed by atoms with Gasteiger partial charge < -0.3 is 4.74 Å². The van der Waals surface area contributed by atoms with Crippen LogP contribution in [0.3, 0.4) is 0 Å². The van der Waals surface area contributed by atoms with Crippen molar-refractivity contribution in [2.24, 2.45) is 0 Å². The highest BCUT2D eigenvalue weighted by molar-refractivity contribution is 7.99. The zero-order chi connectivity index (χ0) is 23.2. The van der Waals surface area contributed by atoms with Gasteiger partial charge in [-0.2, -0.15) is 0 Å². The molecule has 0 aliphatic rings. The fraction of sp³-hybridized carbons (Fsp3) is 0.103. The summed E-state index contributed by atoms with van der Waals surface area (Å²) in [7, 11) is 1.66. The van der Waals surface area contributed by atoms with Crippen molar-refractivity contribution in [1.29, 1.82) is 0 Å². The maximum atomic E-state index is 13.5. The smallest absolute Gasteiger partial charge is 0.181 e. The Hall–Kier alpha value is -3.50. The molecule has 4 heteroatoms. The summed E-state index contributed by atoms with van der Waals surface area (Å²) in [6.07, 6.45) is 2.15. The van der Waals surface area contributed by atoms with E-state index >= 15 is 0 Å². The van der Waals surface area contributed by atoms with E-state index in [-0.39, 0.29) is 11.6 Å². The van der Waals surface area contributed by atoms with Crippen LogP contribution in [-0.4, -0.2) is 12.9 Å². The molecular formula is C29H24FO2S. The highest BCUT2D eigenvalue weighted by atomic mass is 32.2. The topological polar surface area (TPSA) is 29.1 Å². The van der Waals surface area contributed by atoms with Gasteiger partial charge in [-0.15, -0.1) is 11.8 Å². The molecule has 4 rings (SSSR count). The van der Waals surface area contributed by atoms with Crippen molar-refractivity contribution in [2.75, 3.05) is 12.9 Å². The van der Waals surface area contributed by atoms with E-state index in [1.54, 1.807) is 37.1 Å². The number of rotatable bonds is 7. The van der Waals surface area contributed by atoms with Crippen LogP contribution in [0.15, 0.2) is 102 Å². The molecule has 0 N–H and O–H groups in total. The quantitative estimate of drug-likeness (QED) is 0.263. The van der Waals surface area contributed by atoms with E-state index in [0.717, 1.165) is 49.8 Å². The molecule has 0 bridgehead atoms. The first-order chi connectivity index (χ1) is 16.0. The molecule has 0 aromatic heterocycles. The van der Waals surface area contributed by atoms with Gasteiger partial charge in [-0.25, -0.2) is 4.39 Å². The molecular weight excluding hydrogens is 431 g/mol. The normalized spacial score (nSPS) is 11.4. The summed E-state index contributed by atoms with van der Waals surface area (Å²) in [5.74, 6) is 1.36. The Labute approximate surface area is 198 Å². The van der Waals surface area contributed by atoms with Crippen LogP contribution in [0.2, 0.25) is 0 Å². The van der Waals surface area contributed by atoms with Crippen molar-refractivity contribution in [2.45, 2.75) is 11.8 Å². The Bertz CT molecular complexity index is 1240. The predicted molar refractivity (Wildman–Crippen MR) is 134 cm³/mol. The van der Waals surface area contributed by atoms with Crippen LogP contribution in [0, 0.1) is 12.7 Å². The minimum Gasteiger partial charge on any atom is -0.497 e. The number of ether oxygens (including phenoxy) is 1. The molecule has 0 unspecified atom stereocenters. The Balaban J connectivity index is 1.60. The van der Waals surface area contributed by atoms with Gasteiger partial charge in [-0.1, -0.05) is 54.6 Å². The SMILES string of the molecule is COc1ccc(-c2ccc(/C(=C/CSc3ccc([O])c(C)c3)c3ccc(F)cc3)cc2)cc1. The largest absolute Gasteiger partial charge is 0.497 e. The lowest BCUT2D eigenvalue weighted by atomic mass is 9.95. The van der Waals surface area contributed by atoms with Gasteiger partial charge in [0.05, 0.1) is 7.11 Å². The first-order valence-electron chi connectivity index (χ1n) is 10.6. The lowest BCUT2D eigenvalue weighted by Crippen LogP contribution is -1.91. The highest BCUT2D eigenvalue weighted by Gasteiger charge is 2.08. The number of hydrogen-bond donors (Lipinski definition) is 0. The molecule has 0 amide bonds. The summed E-state index contributed by atoms with van der Waals surface area (Å²) in [6, 6.07) is 28.3. The van der Waals surface area contributed by atoms with Gasteiger partial charge in [-0.05, 0) is 82.8 Å². The number of halogens is 1. The molecule has 4 aromatic rings. The maximum absolute atomic E-state index is 13.5. The van der Waals surface area contributed by atoms with Crippen LogP contribution in [0.4, 0.5) is 4.39 Å². The summed E-state index contributed by atoms with van der Waals surface area (Å²) >= 11 is 1.67. The lowest BCUT2D eigenvalue weighted by Gasteiger charge is -2.11. The number of methoxy groups -OCH3 is 1. The molecule has 0 saturated carbocycles. The average molecular weight is 456 g/mol. The molecule has 4 aromatic carbocycles. The molecule has 0 aliphatic heterocycles. The zero-order valence-electron chi connectivity index (χ0n) is 18.5. The Morgan fingerprint density at radius 1 is 0.848 bits per heavy atom. The van der Waals surface area contributed by atoms with Crippen LogP contribution in [0.25, 0.3) is 16.7 Å². The monoisotopic (exact) mass is 455 g/mol. The fourth-order valence-corrected chi connectivity index (χ4v) is 4.46. The van der Waals surface area contributed by atoms with Gasteiger partial charge in [0.25, 0.3) is 0 Å². The second-order valence-electron chi connectivity index (χ2n) is 7.67. The van der Waals surface area contributed by atoms with E-state index in [2.05, 4.69) is 30.3 Å². The molecule has 0 spiro atoms. The third-order valence-electron chi connectivity index (χ3n) is 5.46. The molecule has 0 heterocycles. The highest BCUT2D eigenvalue weighted by Crippen LogP contribution is 2.30. The first kappa shape index (κ1) is 22.7. The van der Waals surface area contributed by atoms with E-state index < -0.39 is 0 Å². The van der Waals surface area contributed by atoms with Crippen molar-refractivity contribution in [1.82, 2.24) is 0 Å². The van der Waals surface area contributed by atoms with E-state index in [4.69, 9.17) is 4.74 Å². The van der Waals surface area contributed by atoms with E-state index in [1.807, 2.05) is 43.3 Å². The molecule has 0 aliphatic carbocycles. The van der Waals surface area contributed by atoms with Crippen molar-refractivity contribution < 1.29 is 14.2 Å². The van der Waals surface area contributed by atoms with E-state index in [9.17, 15) is 9.50 Å². The van der Waals surface area contributed by atoms with Gasteiger partial charge in [0.1, 0.15) is 11.6 Å². The number of aryl methyl sites for hydroxylation is 1.